The lowest BCUT2D eigenvalue weighted by molar-refractivity contribution is 0.480. The molecule has 0 saturated heterocycles. The van der Waals surface area contributed by atoms with Gasteiger partial charge in [-0.05, 0) is 30.9 Å². The van der Waals surface area contributed by atoms with E-state index in [-0.39, 0.29) is 26.9 Å². The third-order valence-corrected chi connectivity index (χ3v) is 6.66. The molecule has 2 unspecified atom stereocenters. The largest absolute Gasteiger partial charge is 0.243 e. The van der Waals surface area contributed by atoms with E-state index in [0.29, 0.717) is 10.4 Å². The molecule has 0 amide bonds. The van der Waals surface area contributed by atoms with Gasteiger partial charge in [0.05, 0.1) is 10.0 Å². The highest BCUT2D eigenvalue weighted by molar-refractivity contribution is 9.10. The van der Waals surface area contributed by atoms with Gasteiger partial charge < -0.3 is 0 Å². The third kappa shape index (κ3) is 3.62. The Morgan fingerprint density at radius 1 is 1.25 bits per heavy atom. The van der Waals surface area contributed by atoms with Crippen molar-refractivity contribution in [1.82, 2.24) is 4.72 Å². The minimum atomic E-state index is -3.76. The first-order valence-corrected chi connectivity index (χ1v) is 9.64. The van der Waals surface area contributed by atoms with Crippen molar-refractivity contribution in [3.8, 4) is 0 Å². The summed E-state index contributed by atoms with van der Waals surface area (Å²) in [6.45, 7) is 0. The summed E-state index contributed by atoms with van der Waals surface area (Å²) in [4.78, 5) is -0.0794. The Balaban J connectivity index is 2.32. The van der Waals surface area contributed by atoms with Gasteiger partial charge >= 0.3 is 0 Å². The fourth-order valence-electron chi connectivity index (χ4n) is 2.42. The molecule has 2 atom stereocenters. The van der Waals surface area contributed by atoms with Gasteiger partial charge in [0.25, 0.3) is 0 Å². The molecule has 0 heterocycles. The average Bonchev–Trinajstić information content (AvgIpc) is 2.73. The van der Waals surface area contributed by atoms with Gasteiger partial charge in [-0.25, -0.2) is 13.1 Å². The van der Waals surface area contributed by atoms with Crippen LogP contribution in [0, 0.1) is 5.92 Å². The number of nitrogens with one attached hydrogen (secondary N) is 1. The Morgan fingerprint density at radius 2 is 1.85 bits per heavy atom. The molecule has 1 fully saturated rings. The van der Waals surface area contributed by atoms with Crippen LogP contribution < -0.4 is 4.72 Å². The number of benzene rings is 1. The first-order chi connectivity index (χ1) is 9.35. The molecule has 1 aliphatic carbocycles. The van der Waals surface area contributed by atoms with Crippen LogP contribution in [0.1, 0.15) is 19.3 Å². The number of alkyl halides is 1. The molecule has 3 nitrogen and oxygen atoms in total. The van der Waals surface area contributed by atoms with E-state index in [2.05, 4.69) is 20.7 Å². The normalized spacial score (nSPS) is 23.2. The summed E-state index contributed by atoms with van der Waals surface area (Å²) in [5, 5.41) is 0.189. The summed E-state index contributed by atoms with van der Waals surface area (Å²) in [6, 6.07) is 2.86. The molecule has 0 aliphatic heterocycles. The molecule has 8 heteroatoms. The molecule has 1 N–H and O–H groups in total. The van der Waals surface area contributed by atoms with Crippen molar-refractivity contribution in [2.45, 2.75) is 30.2 Å². The fourth-order valence-corrected chi connectivity index (χ4v) is 6.07. The maximum atomic E-state index is 12.5. The molecule has 0 bridgehead atoms. The van der Waals surface area contributed by atoms with Crippen LogP contribution in [0.4, 0.5) is 0 Å². The molecular weight excluding hydrogens is 408 g/mol. The van der Waals surface area contributed by atoms with E-state index in [0.717, 1.165) is 19.3 Å². The first kappa shape index (κ1) is 16.8. The highest BCUT2D eigenvalue weighted by Crippen LogP contribution is 2.34. The van der Waals surface area contributed by atoms with Gasteiger partial charge in [0.1, 0.15) is 4.90 Å². The maximum absolute atomic E-state index is 12.5. The van der Waals surface area contributed by atoms with Crippen LogP contribution in [0.25, 0.3) is 0 Å². The van der Waals surface area contributed by atoms with Gasteiger partial charge in [0.2, 0.25) is 10.0 Å². The molecule has 0 radical (unpaired) electrons. The second kappa shape index (κ2) is 6.71. The molecule has 1 aromatic rings. The number of rotatable bonds is 4. The summed E-state index contributed by atoms with van der Waals surface area (Å²) >= 11 is 21.1. The number of halogens is 4. The lowest BCUT2D eigenvalue weighted by Gasteiger charge is -2.19. The lowest BCUT2D eigenvalue weighted by Crippen LogP contribution is -2.38. The second-order valence-electron chi connectivity index (χ2n) is 4.77. The summed E-state index contributed by atoms with van der Waals surface area (Å²) in [5.41, 5.74) is 0. The molecule has 0 aromatic heterocycles. The summed E-state index contributed by atoms with van der Waals surface area (Å²) in [6.07, 6.45) is 2.67. The van der Waals surface area contributed by atoms with E-state index in [1.54, 1.807) is 0 Å². The van der Waals surface area contributed by atoms with Gasteiger partial charge in [0, 0.05) is 16.4 Å². The van der Waals surface area contributed by atoms with Gasteiger partial charge in [-0.2, -0.15) is 0 Å². The van der Waals surface area contributed by atoms with E-state index >= 15 is 0 Å². The zero-order chi connectivity index (χ0) is 14.9. The van der Waals surface area contributed by atoms with Crippen molar-refractivity contribution >= 4 is 60.8 Å². The molecule has 0 spiro atoms. The molecule has 20 heavy (non-hydrogen) atoms. The summed E-state index contributed by atoms with van der Waals surface area (Å²) in [5.74, 6) is 0.592. The van der Waals surface area contributed by atoms with E-state index < -0.39 is 10.0 Å². The Labute approximate surface area is 142 Å². The Bertz CT molecular complexity index is 586. The van der Waals surface area contributed by atoms with Crippen LogP contribution in [0.3, 0.4) is 0 Å². The summed E-state index contributed by atoms with van der Waals surface area (Å²) in [7, 11) is -3.76. The van der Waals surface area contributed by atoms with Crippen molar-refractivity contribution in [3.05, 3.63) is 26.7 Å². The van der Waals surface area contributed by atoms with Gasteiger partial charge in [-0.1, -0.05) is 45.6 Å². The smallest absolute Gasteiger partial charge is 0.208 e. The second-order valence-corrected chi connectivity index (χ2v) is 8.46. The predicted octanol–water partition coefficient (Wildman–Crippen LogP) is 4.44. The standard InChI is InChI=1S/C12H13BrCl3NO2S/c13-8-4-9(15)12(10(16)5-8)20(18,19)17-11-3-1-2-7(11)6-14/h4-5,7,11,17H,1-3,6H2. The Hall–Kier alpha value is 0.480. The molecule has 2 rings (SSSR count). The van der Waals surface area contributed by atoms with E-state index in [1.165, 1.54) is 12.1 Å². The lowest BCUT2D eigenvalue weighted by atomic mass is 10.1. The first-order valence-electron chi connectivity index (χ1n) is 6.08. The van der Waals surface area contributed by atoms with Gasteiger partial charge in [-0.15, -0.1) is 11.6 Å². The van der Waals surface area contributed by atoms with Crippen LogP contribution in [0.5, 0.6) is 0 Å². The monoisotopic (exact) mass is 419 g/mol. The topological polar surface area (TPSA) is 46.2 Å². The number of hydrogen-bond acceptors (Lipinski definition) is 2. The zero-order valence-corrected chi connectivity index (χ0v) is 15.0. The quantitative estimate of drug-likeness (QED) is 0.731. The minimum Gasteiger partial charge on any atom is -0.208 e. The van der Waals surface area contributed by atoms with Crippen molar-refractivity contribution in [2.75, 3.05) is 5.88 Å². The molecular formula is C12H13BrCl3NO2S. The average molecular weight is 422 g/mol. The van der Waals surface area contributed by atoms with Crippen LogP contribution in [0.15, 0.2) is 21.5 Å². The number of hydrogen-bond donors (Lipinski definition) is 1. The van der Waals surface area contributed by atoms with E-state index in [9.17, 15) is 8.42 Å². The van der Waals surface area contributed by atoms with Crippen molar-refractivity contribution in [3.63, 3.8) is 0 Å². The fraction of sp³-hybridized carbons (Fsp3) is 0.500. The minimum absolute atomic E-state index is 0.0794. The van der Waals surface area contributed by atoms with Crippen LogP contribution >= 0.6 is 50.7 Å². The van der Waals surface area contributed by atoms with Gasteiger partial charge in [0.15, 0.2) is 0 Å². The van der Waals surface area contributed by atoms with Crippen molar-refractivity contribution in [1.29, 1.82) is 0 Å². The maximum Gasteiger partial charge on any atom is 0.243 e. The Morgan fingerprint density at radius 3 is 2.40 bits per heavy atom. The van der Waals surface area contributed by atoms with Crippen LogP contribution in [0.2, 0.25) is 10.0 Å². The van der Waals surface area contributed by atoms with E-state index in [1.807, 2.05) is 0 Å². The third-order valence-electron chi connectivity index (χ3n) is 3.40. The van der Waals surface area contributed by atoms with E-state index in [4.69, 9.17) is 34.8 Å². The van der Waals surface area contributed by atoms with Crippen molar-refractivity contribution in [2.24, 2.45) is 5.92 Å². The molecule has 1 aliphatic rings. The predicted molar refractivity (Wildman–Crippen MR) is 86.3 cm³/mol. The highest BCUT2D eigenvalue weighted by Gasteiger charge is 2.32. The molecule has 112 valence electrons. The molecule has 1 aromatic carbocycles. The van der Waals surface area contributed by atoms with Crippen LogP contribution in [-0.2, 0) is 10.0 Å². The van der Waals surface area contributed by atoms with Gasteiger partial charge in [-0.3, -0.25) is 0 Å². The highest BCUT2D eigenvalue weighted by atomic mass is 79.9. The summed E-state index contributed by atoms with van der Waals surface area (Å²) < 4.78 is 28.2. The zero-order valence-electron chi connectivity index (χ0n) is 10.4. The van der Waals surface area contributed by atoms with Crippen molar-refractivity contribution < 1.29 is 8.42 Å². The van der Waals surface area contributed by atoms with Crippen LogP contribution in [-0.4, -0.2) is 20.3 Å². The SMILES string of the molecule is O=S(=O)(NC1CCCC1CCl)c1c(Cl)cc(Br)cc1Cl. The molecule has 1 saturated carbocycles. The Kier molecular flexibility index (Phi) is 5.65. The number of sulfonamides is 1.